The quantitative estimate of drug-likeness (QED) is 0.832. The molecule has 2 heterocycles. The van der Waals surface area contributed by atoms with E-state index in [-0.39, 0.29) is 24.4 Å². The fraction of sp³-hybridized carbons (Fsp3) is 0.368. The van der Waals surface area contributed by atoms with Gasteiger partial charge in [0.1, 0.15) is 0 Å². The third kappa shape index (κ3) is 4.67. The minimum Gasteiger partial charge on any atom is -0.353 e. The lowest BCUT2D eigenvalue weighted by Gasteiger charge is -2.33. The zero-order chi connectivity index (χ0) is 17.6. The number of carbonyl (C=O) groups is 2. The summed E-state index contributed by atoms with van der Waals surface area (Å²) >= 11 is 1.36. The van der Waals surface area contributed by atoms with E-state index in [1.54, 1.807) is 6.07 Å². The molecule has 0 radical (unpaired) electrons. The van der Waals surface area contributed by atoms with Crippen molar-refractivity contribution in [3.05, 3.63) is 57.8 Å². The summed E-state index contributed by atoms with van der Waals surface area (Å²) in [5.74, 6) is -0.361. The van der Waals surface area contributed by atoms with Gasteiger partial charge in [-0.1, -0.05) is 30.3 Å². The number of nitrogens with zero attached hydrogens (tertiary/aromatic N) is 1. The Morgan fingerprint density at radius 3 is 2.72 bits per heavy atom. The lowest BCUT2D eigenvalue weighted by atomic mass is 9.99. The van der Waals surface area contributed by atoms with Crippen LogP contribution in [-0.2, 0) is 17.8 Å². The van der Waals surface area contributed by atoms with Crippen molar-refractivity contribution in [2.24, 2.45) is 0 Å². The Bertz CT molecular complexity index is 730. The second-order valence-corrected chi connectivity index (χ2v) is 7.25. The molecule has 1 aliphatic heterocycles. The summed E-state index contributed by atoms with van der Waals surface area (Å²) in [6.45, 7) is 4.63. The average Bonchev–Trinajstić information content (AvgIpc) is 3.18. The number of hydrogen-bond acceptors (Lipinski definition) is 4. The van der Waals surface area contributed by atoms with Gasteiger partial charge in [-0.15, -0.1) is 11.3 Å². The molecule has 0 saturated heterocycles. The molecule has 1 aromatic carbocycles. The molecule has 1 unspecified atom stereocenters. The van der Waals surface area contributed by atoms with Crippen LogP contribution in [0.2, 0.25) is 0 Å². The van der Waals surface area contributed by atoms with Gasteiger partial charge in [-0.2, -0.15) is 0 Å². The Hall–Kier alpha value is -2.18. The Morgan fingerprint density at radius 1 is 1.16 bits per heavy atom. The number of benzene rings is 1. The highest BCUT2D eigenvalue weighted by molar-refractivity contribution is 7.12. The van der Waals surface area contributed by atoms with E-state index < -0.39 is 0 Å². The molecule has 0 spiro atoms. The minimum absolute atomic E-state index is 0.00624. The summed E-state index contributed by atoms with van der Waals surface area (Å²) in [5.41, 5.74) is 2.79. The Labute approximate surface area is 152 Å². The molecule has 2 N–H and O–H groups in total. The number of hydrogen-bond donors (Lipinski definition) is 2. The molecule has 1 aromatic heterocycles. The van der Waals surface area contributed by atoms with Crippen molar-refractivity contribution < 1.29 is 9.59 Å². The van der Waals surface area contributed by atoms with Crippen LogP contribution in [0.4, 0.5) is 0 Å². The highest BCUT2D eigenvalue weighted by Crippen LogP contribution is 2.19. The second kappa shape index (κ2) is 8.27. The van der Waals surface area contributed by atoms with Gasteiger partial charge in [0.2, 0.25) is 5.91 Å². The molecule has 3 rings (SSSR count). The molecule has 0 fully saturated rings. The van der Waals surface area contributed by atoms with Gasteiger partial charge in [0.05, 0.1) is 11.4 Å². The summed E-state index contributed by atoms with van der Waals surface area (Å²) in [7, 11) is 0. The smallest absolute Gasteiger partial charge is 0.261 e. The minimum atomic E-state index is -0.203. The standard InChI is InChI=1S/C19H23N3O2S/c1-14(22-9-8-15-5-2-3-6-16(15)13-22)11-20-18(23)12-21-19(24)17-7-4-10-25-17/h2-7,10,14H,8-9,11-13H2,1H3,(H,20,23)(H,21,24). The predicted molar refractivity (Wildman–Crippen MR) is 99.7 cm³/mol. The molecule has 1 atom stereocenters. The monoisotopic (exact) mass is 357 g/mol. The first-order valence-electron chi connectivity index (χ1n) is 8.52. The van der Waals surface area contributed by atoms with Gasteiger partial charge in [0.25, 0.3) is 5.91 Å². The lowest BCUT2D eigenvalue weighted by Crippen LogP contribution is -2.46. The number of rotatable bonds is 6. The number of thiophene rings is 1. The molecule has 25 heavy (non-hydrogen) atoms. The van der Waals surface area contributed by atoms with Crippen molar-refractivity contribution in [1.29, 1.82) is 0 Å². The first-order chi connectivity index (χ1) is 12.1. The zero-order valence-electron chi connectivity index (χ0n) is 14.3. The van der Waals surface area contributed by atoms with Crippen molar-refractivity contribution in [3.8, 4) is 0 Å². The molecule has 5 nitrogen and oxygen atoms in total. The Morgan fingerprint density at radius 2 is 1.96 bits per heavy atom. The first-order valence-corrected chi connectivity index (χ1v) is 9.40. The van der Waals surface area contributed by atoms with Crippen LogP contribution in [0.1, 0.15) is 27.7 Å². The first kappa shape index (κ1) is 17.6. The highest BCUT2D eigenvalue weighted by Gasteiger charge is 2.20. The van der Waals surface area contributed by atoms with E-state index in [1.807, 2.05) is 11.4 Å². The summed E-state index contributed by atoms with van der Waals surface area (Å²) in [4.78, 5) is 26.8. The molecule has 0 saturated carbocycles. The molecular weight excluding hydrogens is 334 g/mol. The van der Waals surface area contributed by atoms with Gasteiger partial charge in [-0.25, -0.2) is 0 Å². The van der Waals surface area contributed by atoms with E-state index in [1.165, 1.54) is 22.5 Å². The maximum atomic E-state index is 12.0. The summed E-state index contributed by atoms with van der Waals surface area (Å²) in [5, 5.41) is 7.40. The highest BCUT2D eigenvalue weighted by atomic mass is 32.1. The second-order valence-electron chi connectivity index (χ2n) is 6.30. The topological polar surface area (TPSA) is 61.4 Å². The average molecular weight is 357 g/mol. The van der Waals surface area contributed by atoms with Crippen molar-refractivity contribution in [3.63, 3.8) is 0 Å². The third-order valence-corrected chi connectivity index (χ3v) is 5.40. The summed E-state index contributed by atoms with van der Waals surface area (Å²) in [6.07, 6.45) is 1.05. The van der Waals surface area contributed by atoms with Crippen LogP contribution in [0, 0.1) is 0 Å². The van der Waals surface area contributed by atoms with Gasteiger partial charge in [-0.05, 0) is 35.9 Å². The Balaban J connectivity index is 1.41. The fourth-order valence-electron chi connectivity index (χ4n) is 3.00. The number of amides is 2. The van der Waals surface area contributed by atoms with E-state index in [4.69, 9.17) is 0 Å². The van der Waals surface area contributed by atoms with Crippen LogP contribution >= 0.6 is 11.3 Å². The van der Waals surface area contributed by atoms with E-state index in [9.17, 15) is 9.59 Å². The maximum absolute atomic E-state index is 12.0. The predicted octanol–water partition coefficient (Wildman–Crippen LogP) is 2.04. The van der Waals surface area contributed by atoms with E-state index in [0.29, 0.717) is 11.4 Å². The van der Waals surface area contributed by atoms with Gasteiger partial charge >= 0.3 is 0 Å². The lowest BCUT2D eigenvalue weighted by molar-refractivity contribution is -0.120. The fourth-order valence-corrected chi connectivity index (χ4v) is 3.64. The number of nitrogens with one attached hydrogen (secondary N) is 2. The van der Waals surface area contributed by atoms with Gasteiger partial charge in [0.15, 0.2) is 0 Å². The third-order valence-electron chi connectivity index (χ3n) is 4.53. The molecule has 1 aliphatic rings. The molecule has 2 amide bonds. The molecule has 132 valence electrons. The molecule has 6 heteroatoms. The van der Waals surface area contributed by atoms with Crippen LogP contribution in [0.15, 0.2) is 41.8 Å². The number of carbonyl (C=O) groups excluding carboxylic acids is 2. The van der Waals surface area contributed by atoms with Gasteiger partial charge < -0.3 is 10.6 Å². The Kier molecular flexibility index (Phi) is 5.83. The van der Waals surface area contributed by atoms with E-state index in [0.717, 1.165) is 19.5 Å². The number of fused-ring (bicyclic) bond motifs is 1. The summed E-state index contributed by atoms with van der Waals surface area (Å²) < 4.78 is 0. The van der Waals surface area contributed by atoms with Crippen molar-refractivity contribution in [1.82, 2.24) is 15.5 Å². The molecular formula is C19H23N3O2S. The van der Waals surface area contributed by atoms with Gasteiger partial charge in [0, 0.05) is 25.7 Å². The van der Waals surface area contributed by atoms with Crippen LogP contribution in [0.25, 0.3) is 0 Å². The normalized spacial score (nSPS) is 15.2. The van der Waals surface area contributed by atoms with Crippen molar-refractivity contribution >= 4 is 23.2 Å². The van der Waals surface area contributed by atoms with Crippen molar-refractivity contribution in [2.45, 2.75) is 25.9 Å². The summed E-state index contributed by atoms with van der Waals surface area (Å²) in [6, 6.07) is 12.3. The van der Waals surface area contributed by atoms with Crippen LogP contribution in [0.5, 0.6) is 0 Å². The van der Waals surface area contributed by atoms with Crippen LogP contribution in [0.3, 0.4) is 0 Å². The van der Waals surface area contributed by atoms with Crippen LogP contribution < -0.4 is 10.6 Å². The van der Waals surface area contributed by atoms with Crippen LogP contribution in [-0.4, -0.2) is 42.4 Å². The largest absolute Gasteiger partial charge is 0.353 e. The maximum Gasteiger partial charge on any atom is 0.261 e. The zero-order valence-corrected chi connectivity index (χ0v) is 15.1. The van der Waals surface area contributed by atoms with Crippen molar-refractivity contribution in [2.75, 3.05) is 19.6 Å². The van der Waals surface area contributed by atoms with E-state index >= 15 is 0 Å². The van der Waals surface area contributed by atoms with E-state index in [2.05, 4.69) is 46.7 Å². The molecule has 0 aliphatic carbocycles. The molecule has 2 aromatic rings. The van der Waals surface area contributed by atoms with Gasteiger partial charge in [-0.3, -0.25) is 14.5 Å². The molecule has 0 bridgehead atoms. The SMILES string of the molecule is CC(CNC(=O)CNC(=O)c1cccs1)N1CCc2ccccc2C1.